The van der Waals surface area contributed by atoms with Gasteiger partial charge in [0.2, 0.25) is 10.0 Å². The van der Waals surface area contributed by atoms with Crippen LogP contribution < -0.4 is 5.48 Å². The van der Waals surface area contributed by atoms with E-state index in [0.29, 0.717) is 5.56 Å². The van der Waals surface area contributed by atoms with E-state index in [1.54, 1.807) is 5.48 Å². The Hall–Kier alpha value is -2.34. The average Bonchev–Trinajstić information content (AvgIpc) is 2.79. The minimum Gasteiger partial charge on any atom is -0.481 e. The molecule has 1 aliphatic rings. The molecule has 25 heavy (non-hydrogen) atoms. The molecular weight excluding hydrogens is 352 g/mol. The van der Waals surface area contributed by atoms with Crippen LogP contribution in [0.15, 0.2) is 34.3 Å². The number of carbonyl (C=O) groups is 2. The van der Waals surface area contributed by atoms with Crippen LogP contribution in [-0.4, -0.2) is 72.3 Å². The van der Waals surface area contributed by atoms with Crippen molar-refractivity contribution >= 4 is 27.6 Å². The maximum Gasteiger partial charge on any atom is 0.306 e. The third-order valence-corrected chi connectivity index (χ3v) is 5.66. The summed E-state index contributed by atoms with van der Waals surface area (Å²) >= 11 is 0. The van der Waals surface area contributed by atoms with Crippen molar-refractivity contribution < 1.29 is 28.3 Å². The van der Waals surface area contributed by atoms with E-state index in [-0.39, 0.29) is 10.6 Å². The molecule has 1 atom stereocenters. The maximum absolute atomic E-state index is 12.3. The van der Waals surface area contributed by atoms with Gasteiger partial charge in [-0.15, -0.1) is 0 Å². The Morgan fingerprint density at radius 1 is 1.32 bits per heavy atom. The highest BCUT2D eigenvalue weighted by atomic mass is 32.2. The Balaban J connectivity index is 2.51. The van der Waals surface area contributed by atoms with Gasteiger partial charge in [-0.05, 0) is 12.1 Å². The summed E-state index contributed by atoms with van der Waals surface area (Å²) < 4.78 is 25.3. The number of nitrogens with one attached hydrogen (secondary N) is 1. The zero-order chi connectivity index (χ0) is 19.0. The van der Waals surface area contributed by atoms with E-state index >= 15 is 0 Å². The summed E-state index contributed by atoms with van der Waals surface area (Å²) in [5.41, 5.74) is 0.118. The van der Waals surface area contributed by atoms with Gasteiger partial charge >= 0.3 is 5.97 Å². The number of benzene rings is 1. The van der Waals surface area contributed by atoms with Crippen LogP contribution in [-0.2, 0) is 19.6 Å². The summed E-state index contributed by atoms with van der Waals surface area (Å²) in [5, 5.41) is 23.5. The molecule has 0 bridgehead atoms. The molecule has 1 aliphatic heterocycles. The molecule has 1 aromatic carbocycles. The molecule has 0 spiro atoms. The van der Waals surface area contributed by atoms with E-state index in [4.69, 9.17) is 5.11 Å². The van der Waals surface area contributed by atoms with Gasteiger partial charge in [0.1, 0.15) is 5.71 Å². The lowest BCUT2D eigenvalue weighted by Gasteiger charge is -2.25. The van der Waals surface area contributed by atoms with Crippen LogP contribution >= 0.6 is 0 Å². The number of amides is 1. The normalized spacial score (nSPS) is 20.9. The number of hydrogen-bond donors (Lipinski definition) is 3. The Kier molecular flexibility index (Phi) is 4.95. The van der Waals surface area contributed by atoms with Crippen LogP contribution in [0.2, 0.25) is 0 Å². The van der Waals surface area contributed by atoms with Gasteiger partial charge in [-0.2, -0.15) is 10.6 Å². The van der Waals surface area contributed by atoms with Crippen LogP contribution in [0.1, 0.15) is 12.0 Å². The second kappa shape index (κ2) is 6.52. The molecule has 1 aromatic rings. The number of hydroxylamine groups is 1. The van der Waals surface area contributed by atoms with Gasteiger partial charge in [0.25, 0.3) is 5.91 Å². The smallest absolute Gasteiger partial charge is 0.306 e. The van der Waals surface area contributed by atoms with E-state index in [0.717, 1.165) is 9.31 Å². The fourth-order valence-electron chi connectivity index (χ4n) is 2.48. The van der Waals surface area contributed by atoms with E-state index in [1.165, 1.54) is 45.4 Å². The molecule has 136 valence electrons. The van der Waals surface area contributed by atoms with E-state index < -0.39 is 33.9 Å². The van der Waals surface area contributed by atoms with E-state index in [9.17, 15) is 23.2 Å². The number of hydrazone groups is 1. The molecule has 10 nitrogen and oxygen atoms in total. The van der Waals surface area contributed by atoms with Gasteiger partial charge in [-0.25, -0.2) is 17.7 Å². The predicted octanol–water partition coefficient (Wildman–Crippen LogP) is -0.695. The Morgan fingerprint density at radius 3 is 2.32 bits per heavy atom. The first-order valence-electron chi connectivity index (χ1n) is 7.09. The van der Waals surface area contributed by atoms with Crippen molar-refractivity contribution in [1.82, 2.24) is 14.8 Å². The van der Waals surface area contributed by atoms with Crippen LogP contribution in [0, 0.1) is 0 Å². The number of nitrogens with zero attached hydrogens (tertiary/aromatic N) is 3. The number of rotatable bonds is 6. The number of aliphatic carboxylic acids is 1. The molecule has 2 rings (SSSR count). The molecule has 1 heterocycles. The third-order valence-electron chi connectivity index (χ3n) is 3.83. The van der Waals surface area contributed by atoms with Crippen molar-refractivity contribution in [1.29, 1.82) is 0 Å². The maximum atomic E-state index is 12.3. The standard InChI is InChI=1S/C14H18N4O6S/c1-17(2)25(23,24)10-6-4-9(5-7-10)12-14(16-22,8-11(19)20)13(21)18(3)15-12/h4-7,16,22H,8H2,1-3H3,(H,19,20). The van der Waals surface area contributed by atoms with Crippen molar-refractivity contribution in [3.63, 3.8) is 0 Å². The fraction of sp³-hybridized carbons (Fsp3) is 0.357. The molecule has 0 saturated heterocycles. The molecule has 1 unspecified atom stereocenters. The van der Waals surface area contributed by atoms with Crippen molar-refractivity contribution in [2.24, 2.45) is 5.10 Å². The summed E-state index contributed by atoms with van der Waals surface area (Å²) in [6.07, 6.45) is -0.733. The van der Waals surface area contributed by atoms with E-state index in [1.807, 2.05) is 0 Å². The number of carboxylic acids is 1. The molecule has 3 N–H and O–H groups in total. The summed E-state index contributed by atoms with van der Waals surface area (Å²) in [6, 6.07) is 5.43. The first kappa shape index (κ1) is 19.0. The lowest BCUT2D eigenvalue weighted by Crippen LogP contribution is -2.57. The molecule has 0 radical (unpaired) electrons. The Bertz CT molecular complexity index is 833. The minimum absolute atomic E-state index is 0.0151. The summed E-state index contributed by atoms with van der Waals surface area (Å²) in [6.45, 7) is 0. The summed E-state index contributed by atoms with van der Waals surface area (Å²) in [5.74, 6) is -2.05. The van der Waals surface area contributed by atoms with Crippen LogP contribution in [0.5, 0.6) is 0 Å². The van der Waals surface area contributed by atoms with Crippen molar-refractivity contribution in [2.45, 2.75) is 16.9 Å². The zero-order valence-electron chi connectivity index (χ0n) is 13.8. The van der Waals surface area contributed by atoms with Gasteiger partial charge in [-0.1, -0.05) is 12.1 Å². The topological polar surface area (TPSA) is 140 Å². The first-order valence-corrected chi connectivity index (χ1v) is 8.53. The molecule has 0 aromatic heterocycles. The van der Waals surface area contributed by atoms with Gasteiger partial charge in [0.05, 0.1) is 11.3 Å². The Morgan fingerprint density at radius 2 is 1.88 bits per heavy atom. The summed E-state index contributed by atoms with van der Waals surface area (Å²) in [7, 11) is 0.481. The number of carbonyl (C=O) groups excluding carboxylic acids is 1. The van der Waals surface area contributed by atoms with Gasteiger partial charge in [0.15, 0.2) is 5.54 Å². The highest BCUT2D eigenvalue weighted by molar-refractivity contribution is 7.89. The fourth-order valence-corrected chi connectivity index (χ4v) is 3.39. The second-order valence-corrected chi connectivity index (χ2v) is 7.83. The lowest BCUT2D eigenvalue weighted by atomic mass is 9.86. The van der Waals surface area contributed by atoms with Crippen molar-refractivity contribution in [2.75, 3.05) is 21.1 Å². The van der Waals surface area contributed by atoms with Crippen molar-refractivity contribution in [3.8, 4) is 0 Å². The number of carboxylic acid groups (broad SMARTS) is 1. The first-order chi connectivity index (χ1) is 11.6. The van der Waals surface area contributed by atoms with E-state index in [2.05, 4.69) is 5.10 Å². The largest absolute Gasteiger partial charge is 0.481 e. The van der Waals surface area contributed by atoms with Crippen LogP contribution in [0.25, 0.3) is 0 Å². The SMILES string of the molecule is CN1N=C(c2ccc(S(=O)(=O)N(C)C)cc2)C(CC(=O)O)(NO)C1=O. The number of sulfonamides is 1. The monoisotopic (exact) mass is 370 g/mol. The third kappa shape index (κ3) is 3.14. The molecule has 0 fully saturated rings. The van der Waals surface area contributed by atoms with Crippen molar-refractivity contribution in [3.05, 3.63) is 29.8 Å². The average molecular weight is 370 g/mol. The minimum atomic E-state index is -3.64. The highest BCUT2D eigenvalue weighted by Crippen LogP contribution is 2.28. The zero-order valence-corrected chi connectivity index (χ0v) is 14.6. The Labute approximate surface area is 144 Å². The molecule has 11 heteroatoms. The molecule has 0 aliphatic carbocycles. The van der Waals surface area contributed by atoms with Gasteiger partial charge in [0, 0.05) is 26.7 Å². The van der Waals surface area contributed by atoms with Crippen LogP contribution in [0.4, 0.5) is 0 Å². The predicted molar refractivity (Wildman–Crippen MR) is 86.5 cm³/mol. The highest BCUT2D eigenvalue weighted by Gasteiger charge is 2.52. The molecule has 1 amide bonds. The number of hydrogen-bond acceptors (Lipinski definition) is 7. The van der Waals surface area contributed by atoms with Crippen LogP contribution in [0.3, 0.4) is 0 Å². The lowest BCUT2D eigenvalue weighted by molar-refractivity contribution is -0.145. The molecule has 0 saturated carbocycles. The second-order valence-electron chi connectivity index (χ2n) is 5.68. The van der Waals surface area contributed by atoms with Gasteiger partial charge < -0.3 is 10.3 Å². The summed E-state index contributed by atoms with van der Waals surface area (Å²) in [4.78, 5) is 23.5. The quantitative estimate of drug-likeness (QED) is 0.563. The van der Waals surface area contributed by atoms with Gasteiger partial charge in [-0.3, -0.25) is 9.59 Å². The number of likely N-dealkylation sites (N-methyl/N-ethyl adjacent to an activating group) is 1. The molecular formula is C14H18N4O6S.